The molecule has 2 aromatic rings. The van der Waals surface area contributed by atoms with E-state index >= 15 is 0 Å². The van der Waals surface area contributed by atoms with E-state index < -0.39 is 0 Å². The van der Waals surface area contributed by atoms with E-state index in [-0.39, 0.29) is 11.7 Å². The topological polar surface area (TPSA) is 65.3 Å². The maximum atomic E-state index is 6.44. The van der Waals surface area contributed by atoms with Gasteiger partial charge in [-0.15, -0.1) is 0 Å². The normalized spacial score (nSPS) is 28.2. The van der Waals surface area contributed by atoms with E-state index in [1.165, 1.54) is 5.56 Å². The van der Waals surface area contributed by atoms with Crippen LogP contribution in [-0.2, 0) is 22.6 Å². The third kappa shape index (κ3) is 3.63. The Balaban J connectivity index is 1.40. The average molecular weight is 329 g/mol. The van der Waals surface area contributed by atoms with E-state index in [2.05, 4.69) is 26.0 Å². The van der Waals surface area contributed by atoms with Crippen molar-refractivity contribution in [3.8, 4) is 0 Å². The summed E-state index contributed by atoms with van der Waals surface area (Å²) in [5, 5.41) is 4.18. The fourth-order valence-electron chi connectivity index (χ4n) is 3.65. The summed E-state index contributed by atoms with van der Waals surface area (Å²) >= 11 is 0. The quantitative estimate of drug-likeness (QED) is 0.838. The van der Waals surface area contributed by atoms with Crippen LogP contribution in [0.4, 0.5) is 0 Å². The molecule has 4 heterocycles. The molecule has 2 saturated heterocycles. The predicted octanol–water partition coefficient (Wildman–Crippen LogP) is 1.12. The minimum atomic E-state index is -0.204. The predicted molar refractivity (Wildman–Crippen MR) is 87.2 cm³/mol. The highest BCUT2D eigenvalue weighted by atomic mass is 16.6. The number of nitrogens with zero attached hydrogens (tertiary/aromatic N) is 5. The second-order valence-electron chi connectivity index (χ2n) is 6.70. The molecule has 0 bridgehead atoms. The standard InChI is InChI=1S/C17H23N5O2/c1-2-15(8-18-5-1)9-21-6-7-23-12-17(11-21)4-3-16(24-17)10-22-14-19-13-20-22/h1-2,5,8,13-14,16H,3-4,6-7,9-12H2/t16-,17-/m0/s1. The zero-order chi connectivity index (χ0) is 16.2. The lowest BCUT2D eigenvalue weighted by atomic mass is 10.00. The van der Waals surface area contributed by atoms with Crippen LogP contribution >= 0.6 is 0 Å². The second-order valence-corrected chi connectivity index (χ2v) is 6.70. The van der Waals surface area contributed by atoms with Gasteiger partial charge in [0.05, 0.1) is 25.9 Å². The Kier molecular flexibility index (Phi) is 4.55. The maximum absolute atomic E-state index is 6.44. The van der Waals surface area contributed by atoms with Crippen molar-refractivity contribution < 1.29 is 9.47 Å². The molecule has 24 heavy (non-hydrogen) atoms. The SMILES string of the molecule is c1cncc(CN2CCOC[C@]3(CC[C@@H](Cn4cncn4)O3)C2)c1. The number of aromatic nitrogens is 4. The van der Waals surface area contributed by atoms with Crippen LogP contribution in [0.2, 0.25) is 0 Å². The average Bonchev–Trinajstić information content (AvgIpc) is 3.19. The van der Waals surface area contributed by atoms with Gasteiger partial charge < -0.3 is 9.47 Å². The molecule has 0 amide bonds. The van der Waals surface area contributed by atoms with Crippen LogP contribution in [0.15, 0.2) is 37.2 Å². The Labute approximate surface area is 141 Å². The van der Waals surface area contributed by atoms with Gasteiger partial charge in [-0.2, -0.15) is 5.10 Å². The van der Waals surface area contributed by atoms with Crippen molar-refractivity contribution in [3.05, 3.63) is 42.7 Å². The Morgan fingerprint density at radius 3 is 3.17 bits per heavy atom. The Bertz CT molecular complexity index is 636. The van der Waals surface area contributed by atoms with E-state index in [0.717, 1.165) is 45.6 Å². The van der Waals surface area contributed by atoms with Gasteiger partial charge in [-0.05, 0) is 24.5 Å². The first-order valence-corrected chi connectivity index (χ1v) is 8.51. The molecule has 7 nitrogen and oxygen atoms in total. The van der Waals surface area contributed by atoms with Crippen molar-refractivity contribution in [2.75, 3.05) is 26.3 Å². The first-order chi connectivity index (χ1) is 11.8. The third-order valence-corrected chi connectivity index (χ3v) is 4.75. The van der Waals surface area contributed by atoms with Crippen molar-refractivity contribution in [3.63, 3.8) is 0 Å². The Hall–Kier alpha value is -1.83. The number of rotatable bonds is 4. The summed E-state index contributed by atoms with van der Waals surface area (Å²) in [6, 6.07) is 4.11. The van der Waals surface area contributed by atoms with Crippen molar-refractivity contribution >= 4 is 0 Å². The fourth-order valence-corrected chi connectivity index (χ4v) is 3.65. The number of hydrogen-bond acceptors (Lipinski definition) is 6. The fraction of sp³-hybridized carbons (Fsp3) is 0.588. The summed E-state index contributed by atoms with van der Waals surface area (Å²) in [5.41, 5.74) is 1.02. The molecular formula is C17H23N5O2. The highest BCUT2D eigenvalue weighted by Crippen LogP contribution is 2.34. The van der Waals surface area contributed by atoms with Crippen molar-refractivity contribution in [1.29, 1.82) is 0 Å². The Morgan fingerprint density at radius 1 is 1.33 bits per heavy atom. The minimum Gasteiger partial charge on any atom is -0.377 e. The van der Waals surface area contributed by atoms with Crippen LogP contribution in [0.1, 0.15) is 18.4 Å². The van der Waals surface area contributed by atoms with Crippen molar-refractivity contribution in [2.45, 2.75) is 37.6 Å². The van der Waals surface area contributed by atoms with Gasteiger partial charge in [-0.3, -0.25) is 14.6 Å². The number of pyridine rings is 1. The molecule has 0 radical (unpaired) electrons. The molecule has 7 heteroatoms. The van der Waals surface area contributed by atoms with Crippen LogP contribution in [0.25, 0.3) is 0 Å². The molecule has 2 aromatic heterocycles. The van der Waals surface area contributed by atoms with Gasteiger partial charge in [0.15, 0.2) is 0 Å². The smallest absolute Gasteiger partial charge is 0.137 e. The summed E-state index contributed by atoms with van der Waals surface area (Å²) in [4.78, 5) is 10.6. The zero-order valence-electron chi connectivity index (χ0n) is 13.8. The molecule has 0 aromatic carbocycles. The van der Waals surface area contributed by atoms with Gasteiger partial charge in [0.1, 0.15) is 18.3 Å². The molecule has 2 fully saturated rings. The summed E-state index contributed by atoms with van der Waals surface area (Å²) in [5.74, 6) is 0. The maximum Gasteiger partial charge on any atom is 0.137 e. The van der Waals surface area contributed by atoms with E-state index in [1.54, 1.807) is 12.7 Å². The van der Waals surface area contributed by atoms with Crippen molar-refractivity contribution in [2.24, 2.45) is 0 Å². The molecule has 4 rings (SSSR count). The molecule has 0 aliphatic carbocycles. The third-order valence-electron chi connectivity index (χ3n) is 4.75. The molecule has 0 N–H and O–H groups in total. The Morgan fingerprint density at radius 2 is 2.33 bits per heavy atom. The summed E-state index contributed by atoms with van der Waals surface area (Å²) in [6.07, 6.45) is 9.28. The van der Waals surface area contributed by atoms with E-state index in [0.29, 0.717) is 6.61 Å². The van der Waals surface area contributed by atoms with Gasteiger partial charge in [-0.1, -0.05) is 6.07 Å². The minimum absolute atomic E-state index is 0.175. The van der Waals surface area contributed by atoms with Gasteiger partial charge in [0.2, 0.25) is 0 Å². The highest BCUT2D eigenvalue weighted by Gasteiger charge is 2.43. The second kappa shape index (κ2) is 6.96. The largest absolute Gasteiger partial charge is 0.377 e. The van der Waals surface area contributed by atoms with Crippen LogP contribution in [0.5, 0.6) is 0 Å². The lowest BCUT2D eigenvalue weighted by Crippen LogP contribution is -2.44. The van der Waals surface area contributed by atoms with Crippen molar-refractivity contribution in [1.82, 2.24) is 24.6 Å². The first kappa shape index (κ1) is 15.7. The molecular weight excluding hydrogens is 306 g/mol. The first-order valence-electron chi connectivity index (χ1n) is 8.51. The molecule has 2 aliphatic rings. The lowest BCUT2D eigenvalue weighted by molar-refractivity contribution is -0.0905. The summed E-state index contributed by atoms with van der Waals surface area (Å²) < 4.78 is 14.1. The highest BCUT2D eigenvalue weighted by molar-refractivity contribution is 5.08. The number of hydrogen-bond donors (Lipinski definition) is 0. The molecule has 2 aliphatic heterocycles. The molecule has 1 spiro atoms. The molecule has 128 valence electrons. The van der Waals surface area contributed by atoms with Gasteiger partial charge in [-0.25, -0.2) is 4.98 Å². The van der Waals surface area contributed by atoms with E-state index in [4.69, 9.17) is 9.47 Å². The van der Waals surface area contributed by atoms with Gasteiger partial charge in [0, 0.05) is 32.0 Å². The van der Waals surface area contributed by atoms with Gasteiger partial charge in [0.25, 0.3) is 0 Å². The number of ether oxygens (including phenoxy) is 2. The lowest BCUT2D eigenvalue weighted by Gasteiger charge is -2.32. The molecule has 2 atom stereocenters. The van der Waals surface area contributed by atoms with Gasteiger partial charge >= 0.3 is 0 Å². The monoisotopic (exact) mass is 329 g/mol. The van der Waals surface area contributed by atoms with Crippen LogP contribution in [0, 0.1) is 0 Å². The van der Waals surface area contributed by atoms with Crippen LogP contribution in [0.3, 0.4) is 0 Å². The van der Waals surface area contributed by atoms with E-state index in [9.17, 15) is 0 Å². The summed E-state index contributed by atoms with van der Waals surface area (Å²) in [7, 11) is 0. The van der Waals surface area contributed by atoms with Crippen LogP contribution < -0.4 is 0 Å². The molecule has 0 saturated carbocycles. The zero-order valence-corrected chi connectivity index (χ0v) is 13.8. The summed E-state index contributed by atoms with van der Waals surface area (Å²) in [6.45, 7) is 4.88. The van der Waals surface area contributed by atoms with E-state index in [1.807, 2.05) is 23.1 Å². The van der Waals surface area contributed by atoms with Crippen LogP contribution in [-0.4, -0.2) is 62.7 Å². The molecule has 0 unspecified atom stereocenters.